The van der Waals surface area contributed by atoms with Gasteiger partial charge in [0.15, 0.2) is 0 Å². The summed E-state index contributed by atoms with van der Waals surface area (Å²) >= 11 is 9.55. The van der Waals surface area contributed by atoms with E-state index in [1.807, 2.05) is 30.0 Å². The fourth-order valence-electron chi connectivity index (χ4n) is 2.33. The molecule has 5 heteroatoms. The summed E-state index contributed by atoms with van der Waals surface area (Å²) in [6, 6.07) is 12.5. The fraction of sp³-hybridized carbons (Fsp3) is 0.333. The first kappa shape index (κ1) is 14.3. The lowest BCUT2D eigenvalue weighted by Crippen LogP contribution is -2.38. The largest absolute Gasteiger partial charge is 0.486 e. The maximum Gasteiger partial charge on any atom is 0.133 e. The molecule has 1 aliphatic heterocycles. The van der Waals surface area contributed by atoms with Crippen LogP contribution in [-0.2, 0) is 0 Å². The molecule has 2 unspecified atom stereocenters. The molecule has 0 radical (unpaired) electrons. The fourth-order valence-corrected chi connectivity index (χ4v) is 4.56. The van der Waals surface area contributed by atoms with Crippen LogP contribution in [-0.4, -0.2) is 18.4 Å². The third-order valence-corrected chi connectivity index (χ3v) is 5.68. The van der Waals surface area contributed by atoms with Crippen LogP contribution < -0.4 is 10.1 Å². The Hall–Kier alpha value is -0.680. The van der Waals surface area contributed by atoms with Gasteiger partial charge in [0.05, 0.1) is 10.4 Å². The molecule has 0 amide bonds. The SMILES string of the molecule is CCNC(c1ccc(Cl)s1)C1CSc2ccccc2O1. The van der Waals surface area contributed by atoms with Gasteiger partial charge < -0.3 is 10.1 Å². The van der Waals surface area contributed by atoms with Crippen molar-refractivity contribution in [1.29, 1.82) is 0 Å². The van der Waals surface area contributed by atoms with E-state index in [0.717, 1.165) is 22.4 Å². The predicted molar refractivity (Wildman–Crippen MR) is 87.3 cm³/mol. The van der Waals surface area contributed by atoms with Crippen LogP contribution in [0.3, 0.4) is 0 Å². The number of benzene rings is 1. The second-order valence-corrected chi connectivity index (χ2v) is 7.40. The molecule has 2 nitrogen and oxygen atoms in total. The van der Waals surface area contributed by atoms with E-state index in [1.54, 1.807) is 11.3 Å². The maximum absolute atomic E-state index is 6.19. The van der Waals surface area contributed by atoms with E-state index in [1.165, 1.54) is 9.77 Å². The highest BCUT2D eigenvalue weighted by Gasteiger charge is 2.29. The Morgan fingerprint density at radius 3 is 2.95 bits per heavy atom. The minimum Gasteiger partial charge on any atom is -0.486 e. The van der Waals surface area contributed by atoms with Crippen LogP contribution in [0.4, 0.5) is 0 Å². The van der Waals surface area contributed by atoms with E-state index < -0.39 is 0 Å². The van der Waals surface area contributed by atoms with Crippen molar-refractivity contribution in [2.75, 3.05) is 12.3 Å². The standard InChI is InChI=1S/C15H16ClNOS2/c1-2-17-15(13-7-8-14(16)20-13)11-9-19-12-6-4-3-5-10(12)18-11/h3-8,11,15,17H,2,9H2,1H3. The molecule has 106 valence electrons. The van der Waals surface area contributed by atoms with Gasteiger partial charge in [0, 0.05) is 15.5 Å². The zero-order valence-corrected chi connectivity index (χ0v) is 13.5. The Labute approximate surface area is 132 Å². The quantitative estimate of drug-likeness (QED) is 0.887. The van der Waals surface area contributed by atoms with Crippen LogP contribution in [0.15, 0.2) is 41.3 Å². The molecule has 0 saturated heterocycles. The number of rotatable bonds is 4. The van der Waals surface area contributed by atoms with Crippen molar-refractivity contribution >= 4 is 34.7 Å². The van der Waals surface area contributed by atoms with Gasteiger partial charge in [-0.15, -0.1) is 23.1 Å². The van der Waals surface area contributed by atoms with Crippen LogP contribution in [0.25, 0.3) is 0 Å². The van der Waals surface area contributed by atoms with Gasteiger partial charge in [-0.1, -0.05) is 30.7 Å². The van der Waals surface area contributed by atoms with Crippen molar-refractivity contribution in [3.63, 3.8) is 0 Å². The van der Waals surface area contributed by atoms with Gasteiger partial charge in [-0.25, -0.2) is 0 Å². The van der Waals surface area contributed by atoms with Crippen LogP contribution in [0.5, 0.6) is 5.75 Å². The lowest BCUT2D eigenvalue weighted by molar-refractivity contribution is 0.169. The number of hydrogen-bond acceptors (Lipinski definition) is 4. The minimum atomic E-state index is 0.129. The molecule has 1 aromatic carbocycles. The van der Waals surface area contributed by atoms with Crippen LogP contribution in [0, 0.1) is 0 Å². The van der Waals surface area contributed by atoms with Crippen LogP contribution in [0.1, 0.15) is 17.8 Å². The second kappa shape index (κ2) is 6.39. The Balaban J connectivity index is 1.83. The molecule has 1 aromatic heterocycles. The summed E-state index contributed by atoms with van der Waals surface area (Å²) < 4.78 is 7.02. The lowest BCUT2D eigenvalue weighted by atomic mass is 10.1. The molecule has 1 N–H and O–H groups in total. The van der Waals surface area contributed by atoms with Gasteiger partial charge in [0.25, 0.3) is 0 Å². The monoisotopic (exact) mass is 325 g/mol. The lowest BCUT2D eigenvalue weighted by Gasteiger charge is -2.31. The van der Waals surface area contributed by atoms with Gasteiger partial charge in [-0.2, -0.15) is 0 Å². The van der Waals surface area contributed by atoms with Gasteiger partial charge in [0.2, 0.25) is 0 Å². The molecule has 0 bridgehead atoms. The molecule has 0 saturated carbocycles. The highest BCUT2D eigenvalue weighted by molar-refractivity contribution is 7.99. The van der Waals surface area contributed by atoms with Gasteiger partial charge >= 0.3 is 0 Å². The molecule has 2 heterocycles. The predicted octanol–water partition coefficient (Wildman–Crippen LogP) is 4.61. The zero-order valence-electron chi connectivity index (χ0n) is 11.1. The molecular weight excluding hydrogens is 310 g/mol. The Morgan fingerprint density at radius 2 is 2.20 bits per heavy atom. The van der Waals surface area contributed by atoms with Crippen LogP contribution >= 0.6 is 34.7 Å². The molecule has 2 aromatic rings. The van der Waals surface area contributed by atoms with E-state index in [4.69, 9.17) is 16.3 Å². The van der Waals surface area contributed by atoms with Crippen molar-refractivity contribution in [1.82, 2.24) is 5.32 Å². The van der Waals surface area contributed by atoms with Crippen molar-refractivity contribution in [3.05, 3.63) is 45.6 Å². The van der Waals surface area contributed by atoms with Crippen molar-refractivity contribution in [2.24, 2.45) is 0 Å². The number of halogens is 1. The maximum atomic E-state index is 6.19. The van der Waals surface area contributed by atoms with E-state index in [2.05, 4.69) is 30.4 Å². The number of para-hydroxylation sites is 1. The Morgan fingerprint density at radius 1 is 1.35 bits per heavy atom. The third-order valence-electron chi connectivity index (χ3n) is 3.23. The van der Waals surface area contributed by atoms with Crippen molar-refractivity contribution in [3.8, 4) is 5.75 Å². The van der Waals surface area contributed by atoms with Gasteiger partial charge in [-0.05, 0) is 30.8 Å². The smallest absolute Gasteiger partial charge is 0.133 e. The minimum absolute atomic E-state index is 0.129. The summed E-state index contributed by atoms with van der Waals surface area (Å²) in [6.07, 6.45) is 0.129. The number of thiophene rings is 1. The molecule has 1 aliphatic rings. The summed E-state index contributed by atoms with van der Waals surface area (Å²) in [5, 5.41) is 3.53. The van der Waals surface area contributed by atoms with Gasteiger partial charge in [0.1, 0.15) is 11.9 Å². The van der Waals surface area contributed by atoms with E-state index in [9.17, 15) is 0 Å². The number of nitrogens with one attached hydrogen (secondary N) is 1. The van der Waals surface area contributed by atoms with E-state index >= 15 is 0 Å². The summed E-state index contributed by atoms with van der Waals surface area (Å²) in [5.74, 6) is 1.93. The molecule has 0 aliphatic carbocycles. The highest BCUT2D eigenvalue weighted by Crippen LogP contribution is 2.39. The first-order valence-corrected chi connectivity index (χ1v) is 8.83. The Bertz CT molecular complexity index is 587. The normalized spacial score (nSPS) is 19.2. The summed E-state index contributed by atoms with van der Waals surface area (Å²) in [7, 11) is 0. The van der Waals surface area contributed by atoms with Crippen molar-refractivity contribution in [2.45, 2.75) is 24.0 Å². The molecule has 3 rings (SSSR count). The summed E-state index contributed by atoms with van der Waals surface area (Å²) in [6.45, 7) is 3.03. The first-order chi connectivity index (χ1) is 9.78. The number of fused-ring (bicyclic) bond motifs is 1. The number of thioether (sulfide) groups is 1. The number of likely N-dealkylation sites (N-methyl/N-ethyl adjacent to an activating group) is 1. The molecular formula is C15H16ClNOS2. The second-order valence-electron chi connectivity index (χ2n) is 4.59. The van der Waals surface area contributed by atoms with E-state index in [-0.39, 0.29) is 12.1 Å². The highest BCUT2D eigenvalue weighted by atomic mass is 35.5. The number of hydrogen-bond donors (Lipinski definition) is 1. The summed E-state index contributed by atoms with van der Waals surface area (Å²) in [5.41, 5.74) is 0. The molecule has 0 spiro atoms. The molecule has 0 fully saturated rings. The summed E-state index contributed by atoms with van der Waals surface area (Å²) in [4.78, 5) is 2.46. The van der Waals surface area contributed by atoms with Gasteiger partial charge in [-0.3, -0.25) is 0 Å². The molecule has 20 heavy (non-hydrogen) atoms. The Kier molecular flexibility index (Phi) is 4.56. The van der Waals surface area contributed by atoms with E-state index in [0.29, 0.717) is 0 Å². The number of ether oxygens (including phenoxy) is 1. The first-order valence-electron chi connectivity index (χ1n) is 6.65. The van der Waals surface area contributed by atoms with Crippen LogP contribution in [0.2, 0.25) is 4.34 Å². The topological polar surface area (TPSA) is 21.3 Å². The average Bonchev–Trinajstić information content (AvgIpc) is 2.90. The average molecular weight is 326 g/mol. The zero-order chi connectivity index (χ0) is 13.9. The molecule has 2 atom stereocenters. The van der Waals surface area contributed by atoms with Crippen molar-refractivity contribution < 1.29 is 4.74 Å². The third kappa shape index (κ3) is 2.98.